The quantitative estimate of drug-likeness (QED) is 0.391. The van der Waals surface area contributed by atoms with Crippen LogP contribution in [0.3, 0.4) is 0 Å². The summed E-state index contributed by atoms with van der Waals surface area (Å²) in [6.45, 7) is 5.97. The summed E-state index contributed by atoms with van der Waals surface area (Å²) in [5.41, 5.74) is 2.52. The Morgan fingerprint density at radius 2 is 1.86 bits per heavy atom. The Morgan fingerprint density at radius 1 is 1.11 bits per heavy atom. The second kappa shape index (κ2) is 8.97. The van der Waals surface area contributed by atoms with Crippen molar-refractivity contribution >= 4 is 39.1 Å². The molecule has 0 radical (unpaired) electrons. The van der Waals surface area contributed by atoms with Crippen LogP contribution in [0.5, 0.6) is 0 Å². The first-order valence-corrected chi connectivity index (χ1v) is 12.2. The van der Waals surface area contributed by atoms with E-state index in [9.17, 15) is 9.18 Å². The predicted octanol–water partition coefficient (Wildman–Crippen LogP) is 3.89. The molecule has 10 heteroatoms. The first kappa shape index (κ1) is 23.1. The van der Waals surface area contributed by atoms with Gasteiger partial charge in [-0.15, -0.1) is 0 Å². The van der Waals surface area contributed by atoms with Crippen LogP contribution < -0.4 is 15.5 Å². The first-order valence-electron chi connectivity index (χ1n) is 12.2. The van der Waals surface area contributed by atoms with Crippen LogP contribution in [0, 0.1) is 5.82 Å². The summed E-state index contributed by atoms with van der Waals surface area (Å²) in [7, 11) is 1.73. The lowest BCUT2D eigenvalue weighted by Crippen LogP contribution is -2.54. The zero-order valence-corrected chi connectivity index (χ0v) is 20.8. The maximum absolute atomic E-state index is 14.6. The molecule has 1 aliphatic rings. The van der Waals surface area contributed by atoms with E-state index in [2.05, 4.69) is 39.5 Å². The van der Waals surface area contributed by atoms with E-state index in [0.29, 0.717) is 40.2 Å². The largest absolute Gasteiger partial charge is 0.368 e. The third-order valence-electron chi connectivity index (χ3n) is 6.63. The molecule has 3 aromatic heterocycles. The second-order valence-corrected chi connectivity index (χ2v) is 9.68. The van der Waals surface area contributed by atoms with Gasteiger partial charge in [0.15, 0.2) is 5.82 Å². The molecular weight excluding hydrogens is 471 g/mol. The number of aryl methyl sites for hydroxylation is 1. The molecule has 1 aliphatic heterocycles. The van der Waals surface area contributed by atoms with Gasteiger partial charge in [0.1, 0.15) is 5.52 Å². The highest BCUT2D eigenvalue weighted by Gasteiger charge is 2.25. The van der Waals surface area contributed by atoms with E-state index in [4.69, 9.17) is 4.98 Å². The van der Waals surface area contributed by atoms with Crippen molar-refractivity contribution in [3.8, 4) is 5.95 Å². The van der Waals surface area contributed by atoms with Crippen molar-refractivity contribution in [1.82, 2.24) is 29.6 Å². The summed E-state index contributed by atoms with van der Waals surface area (Å²) >= 11 is 0. The van der Waals surface area contributed by atoms with Crippen molar-refractivity contribution in [3.05, 3.63) is 72.6 Å². The first-order chi connectivity index (χ1) is 17.9. The molecule has 0 spiro atoms. The maximum atomic E-state index is 14.6. The van der Waals surface area contributed by atoms with Gasteiger partial charge < -0.3 is 15.5 Å². The fourth-order valence-electron chi connectivity index (χ4n) is 5.15. The van der Waals surface area contributed by atoms with E-state index in [1.165, 1.54) is 6.07 Å². The number of nitrogens with one attached hydrogen (secondary N) is 2. The Balaban J connectivity index is 1.43. The van der Waals surface area contributed by atoms with Gasteiger partial charge in [0.25, 0.3) is 5.91 Å². The molecule has 5 aromatic rings. The summed E-state index contributed by atoms with van der Waals surface area (Å²) in [6, 6.07) is 11.2. The van der Waals surface area contributed by atoms with E-state index < -0.39 is 5.82 Å². The fourth-order valence-corrected chi connectivity index (χ4v) is 5.15. The topological polar surface area (TPSA) is 92.9 Å². The van der Waals surface area contributed by atoms with Gasteiger partial charge in [-0.1, -0.05) is 0 Å². The third-order valence-corrected chi connectivity index (χ3v) is 6.63. The van der Waals surface area contributed by atoms with Crippen LogP contribution in [0.25, 0.3) is 27.8 Å². The molecule has 6 rings (SSSR count). The van der Waals surface area contributed by atoms with Crippen LogP contribution in [0.15, 0.2) is 61.2 Å². The van der Waals surface area contributed by atoms with Gasteiger partial charge in [0.2, 0.25) is 5.95 Å². The van der Waals surface area contributed by atoms with Crippen LogP contribution in [0.2, 0.25) is 0 Å². The molecule has 2 atom stereocenters. The Morgan fingerprint density at radius 3 is 2.62 bits per heavy atom. The lowest BCUT2D eigenvalue weighted by molar-refractivity contribution is 0.102. The number of hydrogen-bond acceptors (Lipinski definition) is 6. The number of halogens is 1. The van der Waals surface area contributed by atoms with E-state index >= 15 is 0 Å². The number of amides is 1. The number of piperazine rings is 1. The van der Waals surface area contributed by atoms with Crippen LogP contribution >= 0.6 is 0 Å². The maximum Gasteiger partial charge on any atom is 0.257 e. The SMILES string of the molecule is C[C@@H]1CN(c2ccc(C(=O)Nc3cc(F)c4nn(C)cc4c3)c3nc(-n4cccc4)ncc23)C[C@H](C)N1. The normalized spacial score (nSPS) is 18.0. The lowest BCUT2D eigenvalue weighted by Gasteiger charge is -2.38. The van der Waals surface area contributed by atoms with E-state index in [1.54, 1.807) is 40.8 Å². The van der Waals surface area contributed by atoms with Gasteiger partial charge in [0.05, 0.1) is 11.1 Å². The van der Waals surface area contributed by atoms with E-state index in [-0.39, 0.29) is 11.4 Å². The number of carbonyl (C=O) groups excluding carboxylic acids is 1. The van der Waals surface area contributed by atoms with Gasteiger partial charge >= 0.3 is 0 Å². The Hall–Kier alpha value is -4.31. The average molecular weight is 499 g/mol. The average Bonchev–Trinajstić information content (AvgIpc) is 3.52. The summed E-state index contributed by atoms with van der Waals surface area (Å²) in [5.74, 6) is -0.403. The number of anilines is 2. The number of aromatic nitrogens is 5. The summed E-state index contributed by atoms with van der Waals surface area (Å²) in [6.07, 6.45) is 7.21. The highest BCUT2D eigenvalue weighted by atomic mass is 19.1. The van der Waals surface area contributed by atoms with Crippen LogP contribution in [0.4, 0.5) is 15.8 Å². The Kier molecular flexibility index (Phi) is 5.60. The molecule has 188 valence electrons. The number of nitrogens with zero attached hydrogens (tertiary/aromatic N) is 6. The van der Waals surface area contributed by atoms with Crippen LogP contribution in [-0.2, 0) is 7.05 Å². The Bertz CT molecular complexity index is 1620. The van der Waals surface area contributed by atoms with Crippen LogP contribution in [-0.4, -0.2) is 55.4 Å². The lowest BCUT2D eigenvalue weighted by atomic mass is 10.0. The highest BCUT2D eigenvalue weighted by molar-refractivity contribution is 6.14. The van der Waals surface area contributed by atoms with E-state index in [1.807, 2.05) is 30.6 Å². The van der Waals surface area contributed by atoms with Gasteiger partial charge in [-0.2, -0.15) is 5.10 Å². The molecule has 0 unspecified atom stereocenters. The zero-order valence-electron chi connectivity index (χ0n) is 20.8. The number of hydrogen-bond donors (Lipinski definition) is 2. The molecule has 4 heterocycles. The van der Waals surface area contributed by atoms with E-state index in [0.717, 1.165) is 24.2 Å². The molecule has 1 amide bonds. The fraction of sp³-hybridized carbons (Fsp3) is 0.259. The van der Waals surface area contributed by atoms with Gasteiger partial charge in [-0.25, -0.2) is 14.4 Å². The minimum Gasteiger partial charge on any atom is -0.368 e. The summed E-state index contributed by atoms with van der Waals surface area (Å²) < 4.78 is 18.0. The summed E-state index contributed by atoms with van der Waals surface area (Å²) in [5, 5.41) is 11.9. The molecular formula is C27H27FN8O. The van der Waals surface area contributed by atoms with Crippen LogP contribution in [0.1, 0.15) is 24.2 Å². The van der Waals surface area contributed by atoms with Gasteiger partial charge in [0, 0.05) is 79.2 Å². The smallest absolute Gasteiger partial charge is 0.257 e. The molecule has 9 nitrogen and oxygen atoms in total. The molecule has 0 saturated carbocycles. The number of rotatable bonds is 4. The predicted molar refractivity (Wildman–Crippen MR) is 142 cm³/mol. The van der Waals surface area contributed by atoms with Crippen molar-refractivity contribution in [1.29, 1.82) is 0 Å². The number of benzene rings is 2. The van der Waals surface area contributed by atoms with Crippen molar-refractivity contribution in [2.24, 2.45) is 7.05 Å². The van der Waals surface area contributed by atoms with Crippen molar-refractivity contribution in [2.75, 3.05) is 23.3 Å². The standard InChI is InChI=1S/C27H27FN8O/c1-16-13-36(14-17(2)30-16)23-7-6-20(25-21(23)12-29-27(32-25)35-8-4-5-9-35)26(37)31-19-10-18-15-34(3)33-24(18)22(28)11-19/h4-12,15-17,30H,13-14H2,1-3H3,(H,31,37)/t16-,17+. The second-order valence-electron chi connectivity index (χ2n) is 9.68. The molecule has 1 fully saturated rings. The highest BCUT2D eigenvalue weighted by Crippen LogP contribution is 2.31. The van der Waals surface area contributed by atoms with Crippen molar-refractivity contribution in [2.45, 2.75) is 25.9 Å². The molecule has 1 saturated heterocycles. The molecule has 0 aliphatic carbocycles. The van der Waals surface area contributed by atoms with Crippen molar-refractivity contribution < 1.29 is 9.18 Å². The van der Waals surface area contributed by atoms with Gasteiger partial charge in [-0.05, 0) is 50.2 Å². The number of fused-ring (bicyclic) bond motifs is 2. The van der Waals surface area contributed by atoms with Gasteiger partial charge in [-0.3, -0.25) is 14.0 Å². The minimum absolute atomic E-state index is 0.263. The van der Waals surface area contributed by atoms with Crippen molar-refractivity contribution in [3.63, 3.8) is 0 Å². The molecule has 0 bridgehead atoms. The Labute approximate surface area is 212 Å². The third kappa shape index (κ3) is 4.29. The molecule has 2 aromatic carbocycles. The number of carbonyl (C=O) groups is 1. The zero-order chi connectivity index (χ0) is 25.7. The molecule has 37 heavy (non-hydrogen) atoms. The minimum atomic E-state index is -0.493. The molecule has 2 N–H and O–H groups in total. The summed E-state index contributed by atoms with van der Waals surface area (Å²) in [4.78, 5) is 25.2. The monoisotopic (exact) mass is 498 g/mol.